The minimum absolute atomic E-state index is 0.0425. The second kappa shape index (κ2) is 10.1. The van der Waals surface area contributed by atoms with Crippen LogP contribution in [0.1, 0.15) is 12.0 Å². The summed E-state index contributed by atoms with van der Waals surface area (Å²) in [6, 6.07) is 4.73. The summed E-state index contributed by atoms with van der Waals surface area (Å²) in [5.74, 6) is -1.04. The number of hydrogen-bond acceptors (Lipinski definition) is 7. The number of non-ortho nitro benzene ring substituents is 1. The van der Waals surface area contributed by atoms with Crippen molar-refractivity contribution in [2.75, 3.05) is 12.0 Å². The molecule has 1 fully saturated rings. The Morgan fingerprint density at radius 2 is 2.11 bits per heavy atom. The molecule has 1 atom stereocenters. The quantitative estimate of drug-likeness (QED) is 0.268. The second-order valence-electron chi connectivity index (χ2n) is 5.57. The van der Waals surface area contributed by atoms with Crippen LogP contribution in [0.2, 0.25) is 0 Å². The van der Waals surface area contributed by atoms with Crippen LogP contribution in [-0.2, 0) is 9.59 Å². The van der Waals surface area contributed by atoms with Crippen LogP contribution < -0.4 is 0 Å². The van der Waals surface area contributed by atoms with Crippen LogP contribution in [0, 0.1) is 10.1 Å². The van der Waals surface area contributed by atoms with E-state index >= 15 is 0 Å². The number of thioether (sulfide) groups is 2. The highest BCUT2D eigenvalue weighted by Crippen LogP contribution is 2.35. The third kappa shape index (κ3) is 5.57. The van der Waals surface area contributed by atoms with Crippen LogP contribution >= 0.6 is 47.3 Å². The first-order valence-corrected chi connectivity index (χ1v) is 10.8. The first kappa shape index (κ1) is 22.4. The van der Waals surface area contributed by atoms with Gasteiger partial charge in [-0.05, 0) is 48.3 Å². The van der Waals surface area contributed by atoms with E-state index in [4.69, 9.17) is 23.8 Å². The zero-order valence-corrected chi connectivity index (χ0v) is 17.7. The lowest BCUT2D eigenvalue weighted by Crippen LogP contribution is -2.44. The van der Waals surface area contributed by atoms with Crippen molar-refractivity contribution in [3.8, 4) is 0 Å². The van der Waals surface area contributed by atoms with Gasteiger partial charge in [-0.25, -0.2) is 4.79 Å². The average Bonchev–Trinajstić information content (AvgIpc) is 2.89. The summed E-state index contributed by atoms with van der Waals surface area (Å²) in [5.41, 5.74) is 0.574. The number of carboxylic acid groups (broad SMARTS) is 1. The Bertz CT molecular complexity index is 870. The van der Waals surface area contributed by atoms with Gasteiger partial charge >= 0.3 is 5.97 Å². The van der Waals surface area contributed by atoms with Crippen molar-refractivity contribution in [2.45, 2.75) is 12.5 Å². The van der Waals surface area contributed by atoms with Gasteiger partial charge in [0.1, 0.15) is 10.4 Å². The number of benzene rings is 1. The van der Waals surface area contributed by atoms with E-state index in [0.29, 0.717) is 11.3 Å². The van der Waals surface area contributed by atoms with Crippen LogP contribution in [0.15, 0.2) is 40.3 Å². The van der Waals surface area contributed by atoms with Crippen molar-refractivity contribution < 1.29 is 19.6 Å². The Morgan fingerprint density at radius 3 is 2.64 bits per heavy atom. The summed E-state index contributed by atoms with van der Waals surface area (Å²) in [6.07, 6.45) is 5.09. The van der Waals surface area contributed by atoms with E-state index in [-0.39, 0.29) is 26.4 Å². The molecule has 1 heterocycles. The molecule has 1 aliphatic heterocycles. The molecule has 0 spiro atoms. The largest absolute Gasteiger partial charge is 0.480 e. The highest BCUT2D eigenvalue weighted by atomic mass is 35.5. The normalized spacial score (nSPS) is 17.3. The van der Waals surface area contributed by atoms with Crippen molar-refractivity contribution in [1.82, 2.24) is 4.90 Å². The molecular weight excluding hydrogens is 444 g/mol. The maximum absolute atomic E-state index is 12.7. The van der Waals surface area contributed by atoms with Gasteiger partial charge in [-0.15, -0.1) is 0 Å². The van der Waals surface area contributed by atoms with E-state index < -0.39 is 22.8 Å². The molecule has 0 aromatic heterocycles. The molecule has 1 saturated heterocycles. The molecule has 0 radical (unpaired) electrons. The molecule has 1 aromatic rings. The van der Waals surface area contributed by atoms with E-state index in [9.17, 15) is 24.8 Å². The number of rotatable bonds is 8. The summed E-state index contributed by atoms with van der Waals surface area (Å²) in [7, 11) is 0. The fourth-order valence-electron chi connectivity index (χ4n) is 2.36. The molecule has 2 rings (SSSR count). The fraction of sp³-hybridized carbons (Fsp3) is 0.235. The minimum Gasteiger partial charge on any atom is -0.480 e. The number of aliphatic carboxylic acids is 1. The molecule has 11 heteroatoms. The van der Waals surface area contributed by atoms with Crippen molar-refractivity contribution in [1.29, 1.82) is 0 Å². The molecule has 28 heavy (non-hydrogen) atoms. The number of carboxylic acids is 1. The number of halogens is 1. The average molecular weight is 459 g/mol. The summed E-state index contributed by atoms with van der Waals surface area (Å²) in [6.45, 7) is 0. The first-order chi connectivity index (χ1) is 13.2. The predicted molar refractivity (Wildman–Crippen MR) is 116 cm³/mol. The maximum Gasteiger partial charge on any atom is 0.326 e. The van der Waals surface area contributed by atoms with Gasteiger partial charge in [0.15, 0.2) is 0 Å². The summed E-state index contributed by atoms with van der Waals surface area (Å²) < 4.78 is 0.171. The highest BCUT2D eigenvalue weighted by molar-refractivity contribution is 8.26. The number of nitro groups is 1. The van der Waals surface area contributed by atoms with E-state index in [0.717, 1.165) is 16.7 Å². The molecular formula is C17H15ClN2O5S3. The standard InChI is InChI=1S/C17H15ClN2O5S3/c1-27-7-6-13(16(22)23)19-15(21)14(28-17(19)26)9-11(18)8-10-2-4-12(5-3-10)20(24)25/h2-5,8-9,13H,6-7H2,1H3,(H,22,23)/b11-8-,14-9+/t13-/m0/s1. The van der Waals surface area contributed by atoms with Crippen molar-refractivity contribution in [2.24, 2.45) is 0 Å². The van der Waals surface area contributed by atoms with Gasteiger partial charge in [-0.2, -0.15) is 11.8 Å². The zero-order valence-electron chi connectivity index (χ0n) is 14.5. The Morgan fingerprint density at radius 1 is 1.46 bits per heavy atom. The van der Waals surface area contributed by atoms with Gasteiger partial charge in [0.2, 0.25) is 0 Å². The number of hydrogen-bond donors (Lipinski definition) is 1. The molecule has 0 unspecified atom stereocenters. The number of thiocarbonyl (C=S) groups is 1. The third-order valence-corrected chi connectivity index (χ3v) is 5.89. The molecule has 1 aromatic carbocycles. The van der Waals surface area contributed by atoms with Crippen molar-refractivity contribution in [3.05, 3.63) is 56.0 Å². The van der Waals surface area contributed by atoms with Gasteiger partial charge < -0.3 is 5.11 Å². The molecule has 0 aliphatic carbocycles. The Labute approximate surface area is 179 Å². The van der Waals surface area contributed by atoms with Crippen LogP contribution in [0.4, 0.5) is 5.69 Å². The van der Waals surface area contributed by atoms with Crippen molar-refractivity contribution >= 4 is 75.3 Å². The van der Waals surface area contributed by atoms with Gasteiger partial charge in [0.05, 0.1) is 9.83 Å². The first-order valence-electron chi connectivity index (χ1n) is 7.85. The summed E-state index contributed by atoms with van der Waals surface area (Å²) in [5, 5.41) is 20.3. The minimum atomic E-state index is -1.11. The Kier molecular flexibility index (Phi) is 8.05. The van der Waals surface area contributed by atoms with Crippen LogP contribution in [0.25, 0.3) is 6.08 Å². The molecule has 0 saturated carbocycles. The molecule has 148 valence electrons. The van der Waals surface area contributed by atoms with E-state index in [2.05, 4.69) is 0 Å². The van der Waals surface area contributed by atoms with Gasteiger partial charge in [0, 0.05) is 17.2 Å². The van der Waals surface area contributed by atoms with E-state index in [1.54, 1.807) is 6.08 Å². The predicted octanol–water partition coefficient (Wildman–Crippen LogP) is 4.13. The maximum atomic E-state index is 12.7. The second-order valence-corrected chi connectivity index (χ2v) is 8.66. The number of allylic oxidation sites excluding steroid dienone is 2. The molecule has 7 nitrogen and oxygen atoms in total. The third-order valence-electron chi connectivity index (χ3n) is 3.69. The number of amides is 1. The van der Waals surface area contributed by atoms with E-state index in [1.807, 2.05) is 6.26 Å². The lowest BCUT2D eigenvalue weighted by molar-refractivity contribution is -0.384. The Balaban J connectivity index is 2.21. The Hall–Kier alpha value is -1.88. The highest BCUT2D eigenvalue weighted by Gasteiger charge is 2.40. The van der Waals surface area contributed by atoms with Gasteiger partial charge in [-0.3, -0.25) is 19.8 Å². The monoisotopic (exact) mass is 458 g/mol. The number of nitrogens with zero attached hydrogens (tertiary/aromatic N) is 2. The smallest absolute Gasteiger partial charge is 0.326 e. The fourth-order valence-corrected chi connectivity index (χ4v) is 4.47. The van der Waals surface area contributed by atoms with E-state index in [1.165, 1.54) is 42.1 Å². The summed E-state index contributed by atoms with van der Waals surface area (Å²) >= 11 is 13.9. The lowest BCUT2D eigenvalue weighted by atomic mass is 10.2. The van der Waals surface area contributed by atoms with Gasteiger partial charge in [0.25, 0.3) is 11.6 Å². The summed E-state index contributed by atoms with van der Waals surface area (Å²) in [4.78, 5) is 35.7. The van der Waals surface area contributed by atoms with Crippen LogP contribution in [0.5, 0.6) is 0 Å². The lowest BCUT2D eigenvalue weighted by Gasteiger charge is -2.22. The number of nitro benzene ring substituents is 1. The van der Waals surface area contributed by atoms with Gasteiger partial charge in [-0.1, -0.05) is 35.6 Å². The molecule has 1 aliphatic rings. The van der Waals surface area contributed by atoms with Crippen LogP contribution in [-0.4, -0.2) is 49.2 Å². The zero-order chi connectivity index (χ0) is 20.8. The van der Waals surface area contributed by atoms with Crippen LogP contribution in [0.3, 0.4) is 0 Å². The van der Waals surface area contributed by atoms with Crippen molar-refractivity contribution in [3.63, 3.8) is 0 Å². The SMILES string of the molecule is CSCC[C@@H](C(=O)O)N1C(=O)/C(=C\C(Cl)=C\c2ccc([N+](=O)[O-])cc2)SC1=S. The molecule has 1 amide bonds. The number of carbonyl (C=O) groups is 2. The molecule has 1 N–H and O–H groups in total. The number of carbonyl (C=O) groups excluding carboxylic acids is 1. The topological polar surface area (TPSA) is 101 Å². The molecule has 0 bridgehead atoms.